The molecule has 0 saturated carbocycles. The lowest BCUT2D eigenvalue weighted by atomic mass is 9.93. The highest BCUT2D eigenvalue weighted by Gasteiger charge is 2.13. The fourth-order valence-electron chi connectivity index (χ4n) is 3.67. The Morgan fingerprint density at radius 1 is 0.750 bits per heavy atom. The lowest BCUT2D eigenvalue weighted by Gasteiger charge is -2.16. The van der Waals surface area contributed by atoms with Gasteiger partial charge in [-0.3, -0.25) is 4.99 Å². The highest BCUT2D eigenvalue weighted by Crippen LogP contribution is 2.34. The van der Waals surface area contributed by atoms with Crippen molar-refractivity contribution in [1.82, 2.24) is 4.98 Å². The summed E-state index contributed by atoms with van der Waals surface area (Å²) in [5.41, 5.74) is 9.24. The van der Waals surface area contributed by atoms with E-state index in [4.69, 9.17) is 9.98 Å². The summed E-state index contributed by atoms with van der Waals surface area (Å²) < 4.78 is 0. The Kier molecular flexibility index (Phi) is 6.08. The van der Waals surface area contributed by atoms with Gasteiger partial charge in [0.25, 0.3) is 0 Å². The minimum absolute atomic E-state index is 0.430. The molecule has 2 aromatic carbocycles. The van der Waals surface area contributed by atoms with Crippen LogP contribution in [0.5, 0.6) is 0 Å². The number of pyridine rings is 1. The van der Waals surface area contributed by atoms with Crippen LogP contribution in [0.15, 0.2) is 59.6 Å². The molecule has 28 heavy (non-hydrogen) atoms. The first-order valence-corrected chi connectivity index (χ1v) is 10.1. The molecular weight excluding hydrogens is 340 g/mol. The molecule has 0 amide bonds. The molecule has 1 heterocycles. The average molecular weight is 371 g/mol. The molecule has 0 N–H and O–H groups in total. The molecule has 0 fully saturated rings. The third kappa shape index (κ3) is 4.22. The van der Waals surface area contributed by atoms with Crippen molar-refractivity contribution >= 4 is 11.9 Å². The number of aryl methyl sites for hydroxylation is 2. The second kappa shape index (κ2) is 8.52. The van der Waals surface area contributed by atoms with Crippen molar-refractivity contribution in [3.05, 3.63) is 82.5 Å². The SMILES string of the molecule is Cc1cccc(C)c1-c1cccc(C=Nc2c(C(C)C)cccc2C(C)C)n1. The number of hydrogen-bond donors (Lipinski definition) is 0. The predicted octanol–water partition coefficient (Wildman–Crippen LogP) is 7.36. The van der Waals surface area contributed by atoms with E-state index in [9.17, 15) is 0 Å². The first-order valence-electron chi connectivity index (χ1n) is 10.1. The van der Waals surface area contributed by atoms with Gasteiger partial charge in [0.2, 0.25) is 0 Å². The normalized spacial score (nSPS) is 11.7. The Hall–Kier alpha value is -2.74. The lowest BCUT2D eigenvalue weighted by molar-refractivity contribution is 0.835. The van der Waals surface area contributed by atoms with E-state index in [1.807, 2.05) is 12.3 Å². The summed E-state index contributed by atoms with van der Waals surface area (Å²) >= 11 is 0. The number of hydrogen-bond acceptors (Lipinski definition) is 2. The predicted molar refractivity (Wildman–Crippen MR) is 121 cm³/mol. The Bertz CT molecular complexity index is 951. The first-order chi connectivity index (χ1) is 13.4. The molecule has 3 aromatic rings. The Labute approximate surface area is 169 Å². The van der Waals surface area contributed by atoms with Gasteiger partial charge >= 0.3 is 0 Å². The highest BCUT2D eigenvalue weighted by molar-refractivity contribution is 5.82. The number of nitrogens with zero attached hydrogens (tertiary/aromatic N) is 2. The number of para-hydroxylation sites is 1. The number of rotatable bonds is 5. The van der Waals surface area contributed by atoms with Crippen molar-refractivity contribution in [1.29, 1.82) is 0 Å². The van der Waals surface area contributed by atoms with Crippen molar-refractivity contribution in [3.8, 4) is 11.3 Å². The Balaban J connectivity index is 2.03. The first kappa shape index (κ1) is 20.0. The van der Waals surface area contributed by atoms with E-state index in [0.29, 0.717) is 11.8 Å². The maximum Gasteiger partial charge on any atom is 0.0820 e. The second-order valence-electron chi connectivity index (χ2n) is 8.07. The zero-order valence-electron chi connectivity index (χ0n) is 17.8. The van der Waals surface area contributed by atoms with Crippen molar-refractivity contribution in [2.24, 2.45) is 4.99 Å². The van der Waals surface area contributed by atoms with Crippen LogP contribution in [0.25, 0.3) is 11.3 Å². The fourth-order valence-corrected chi connectivity index (χ4v) is 3.67. The summed E-state index contributed by atoms with van der Waals surface area (Å²) in [4.78, 5) is 9.79. The fraction of sp³-hybridized carbons (Fsp3) is 0.308. The average Bonchev–Trinajstić information content (AvgIpc) is 2.66. The topological polar surface area (TPSA) is 25.2 Å². The zero-order chi connectivity index (χ0) is 20.3. The van der Waals surface area contributed by atoms with E-state index >= 15 is 0 Å². The van der Waals surface area contributed by atoms with Crippen LogP contribution in [0, 0.1) is 13.8 Å². The van der Waals surface area contributed by atoms with Crippen molar-refractivity contribution < 1.29 is 0 Å². The molecule has 0 aliphatic carbocycles. The molecule has 0 unspecified atom stereocenters. The van der Waals surface area contributed by atoms with E-state index in [2.05, 4.69) is 90.1 Å². The lowest BCUT2D eigenvalue weighted by Crippen LogP contribution is -1.97. The summed E-state index contributed by atoms with van der Waals surface area (Å²) in [5, 5.41) is 0. The Morgan fingerprint density at radius 3 is 1.86 bits per heavy atom. The summed E-state index contributed by atoms with van der Waals surface area (Å²) in [6.45, 7) is 13.2. The molecule has 144 valence electrons. The smallest absolute Gasteiger partial charge is 0.0820 e. The van der Waals surface area contributed by atoms with E-state index < -0.39 is 0 Å². The molecule has 0 radical (unpaired) electrons. The molecule has 0 aliphatic rings. The van der Waals surface area contributed by atoms with Crippen LogP contribution in [-0.2, 0) is 0 Å². The van der Waals surface area contributed by atoms with E-state index in [-0.39, 0.29) is 0 Å². The van der Waals surface area contributed by atoms with Gasteiger partial charge in [-0.25, -0.2) is 4.98 Å². The van der Waals surface area contributed by atoms with Crippen LogP contribution < -0.4 is 0 Å². The van der Waals surface area contributed by atoms with Crippen LogP contribution in [0.3, 0.4) is 0 Å². The summed E-state index contributed by atoms with van der Waals surface area (Å²) in [6.07, 6.45) is 1.91. The van der Waals surface area contributed by atoms with Gasteiger partial charge in [0, 0.05) is 5.56 Å². The van der Waals surface area contributed by atoms with Gasteiger partial charge in [-0.2, -0.15) is 0 Å². The van der Waals surface area contributed by atoms with Crippen LogP contribution >= 0.6 is 0 Å². The molecule has 1 aromatic heterocycles. The maximum absolute atomic E-state index is 4.91. The molecule has 0 aliphatic heterocycles. The molecule has 0 saturated heterocycles. The molecule has 0 bridgehead atoms. The van der Waals surface area contributed by atoms with Gasteiger partial charge in [0.15, 0.2) is 0 Å². The van der Waals surface area contributed by atoms with Crippen LogP contribution in [0.2, 0.25) is 0 Å². The van der Waals surface area contributed by atoms with Crippen LogP contribution in [-0.4, -0.2) is 11.2 Å². The maximum atomic E-state index is 4.91. The number of aliphatic imine (C=N–C) groups is 1. The monoisotopic (exact) mass is 370 g/mol. The van der Waals surface area contributed by atoms with Gasteiger partial charge in [0.1, 0.15) is 0 Å². The molecule has 0 spiro atoms. The van der Waals surface area contributed by atoms with Gasteiger partial charge in [-0.1, -0.05) is 70.2 Å². The van der Waals surface area contributed by atoms with Gasteiger partial charge in [0.05, 0.1) is 23.3 Å². The minimum atomic E-state index is 0.430. The van der Waals surface area contributed by atoms with Crippen LogP contribution in [0.4, 0.5) is 5.69 Å². The number of benzene rings is 2. The third-order valence-electron chi connectivity index (χ3n) is 5.18. The summed E-state index contributed by atoms with van der Waals surface area (Å²) in [5.74, 6) is 0.861. The Morgan fingerprint density at radius 2 is 1.29 bits per heavy atom. The van der Waals surface area contributed by atoms with E-state index in [1.165, 1.54) is 27.8 Å². The standard InChI is InChI=1S/C26H30N2/c1-17(2)22-13-9-14-23(18(3)4)26(22)27-16-21-12-8-15-24(28-21)25-19(5)10-7-11-20(25)6/h7-18H,1-6H3. The summed E-state index contributed by atoms with van der Waals surface area (Å²) in [6, 6.07) is 19.0. The molecule has 2 heteroatoms. The van der Waals surface area contributed by atoms with E-state index in [0.717, 1.165) is 17.1 Å². The second-order valence-corrected chi connectivity index (χ2v) is 8.07. The van der Waals surface area contributed by atoms with Gasteiger partial charge in [-0.05, 0) is 60.1 Å². The zero-order valence-corrected chi connectivity index (χ0v) is 17.8. The van der Waals surface area contributed by atoms with Gasteiger partial charge < -0.3 is 0 Å². The summed E-state index contributed by atoms with van der Waals surface area (Å²) in [7, 11) is 0. The van der Waals surface area contributed by atoms with E-state index in [1.54, 1.807) is 0 Å². The highest BCUT2D eigenvalue weighted by atomic mass is 14.8. The quantitative estimate of drug-likeness (QED) is 0.431. The number of aromatic nitrogens is 1. The molecular formula is C26H30N2. The molecule has 0 atom stereocenters. The molecule has 3 rings (SSSR count). The van der Waals surface area contributed by atoms with Crippen molar-refractivity contribution in [2.75, 3.05) is 0 Å². The van der Waals surface area contributed by atoms with Crippen molar-refractivity contribution in [2.45, 2.75) is 53.4 Å². The van der Waals surface area contributed by atoms with Crippen LogP contribution in [0.1, 0.15) is 67.5 Å². The van der Waals surface area contributed by atoms with Crippen molar-refractivity contribution in [3.63, 3.8) is 0 Å². The minimum Gasteiger partial charge on any atom is -0.254 e. The largest absolute Gasteiger partial charge is 0.254 e. The van der Waals surface area contributed by atoms with Gasteiger partial charge in [-0.15, -0.1) is 0 Å². The third-order valence-corrected chi connectivity index (χ3v) is 5.18. The molecule has 2 nitrogen and oxygen atoms in total.